The van der Waals surface area contributed by atoms with Crippen molar-refractivity contribution in [1.82, 2.24) is 9.78 Å². The van der Waals surface area contributed by atoms with E-state index in [1.54, 1.807) is 0 Å². The van der Waals surface area contributed by atoms with E-state index in [0.717, 1.165) is 17.7 Å². The fourth-order valence-corrected chi connectivity index (χ4v) is 2.56. The van der Waals surface area contributed by atoms with Crippen molar-refractivity contribution in [1.29, 1.82) is 5.26 Å². The zero-order chi connectivity index (χ0) is 20.9. The maximum atomic E-state index is 12.4. The van der Waals surface area contributed by atoms with Gasteiger partial charge in [0.05, 0.1) is 17.8 Å². The van der Waals surface area contributed by atoms with Gasteiger partial charge in [-0.25, -0.2) is 0 Å². The molecular weight excluding hydrogens is 387 g/mol. The maximum Gasteiger partial charge on any atom is 0.573 e. The molecule has 0 atom stereocenters. The number of ether oxygens (including phenoxy) is 2. The van der Waals surface area contributed by atoms with Gasteiger partial charge in [0.25, 0.3) is 0 Å². The van der Waals surface area contributed by atoms with Gasteiger partial charge in [0.2, 0.25) is 0 Å². The summed E-state index contributed by atoms with van der Waals surface area (Å²) < 4.78 is 47.7. The van der Waals surface area contributed by atoms with Crippen LogP contribution in [0.15, 0.2) is 60.9 Å². The van der Waals surface area contributed by atoms with Crippen molar-refractivity contribution < 1.29 is 27.4 Å². The number of hydrogen-bond acceptors (Lipinski definition) is 5. The van der Waals surface area contributed by atoms with E-state index in [9.17, 15) is 23.2 Å². The van der Waals surface area contributed by atoms with Crippen LogP contribution in [0.25, 0.3) is 11.1 Å². The first-order valence-electron chi connectivity index (χ1n) is 8.36. The van der Waals surface area contributed by atoms with Crippen LogP contribution in [0, 0.1) is 11.3 Å². The minimum atomic E-state index is -4.85. The average Bonchev–Trinajstić information content (AvgIpc) is 3.14. The van der Waals surface area contributed by atoms with E-state index < -0.39 is 18.1 Å². The highest BCUT2D eigenvalue weighted by atomic mass is 19.4. The van der Waals surface area contributed by atoms with Crippen LogP contribution in [-0.2, 0) is 22.7 Å². The summed E-state index contributed by atoms with van der Waals surface area (Å²) in [4.78, 5) is 12.0. The van der Waals surface area contributed by atoms with Gasteiger partial charge in [0, 0.05) is 17.3 Å². The minimum Gasteiger partial charge on any atom is -0.459 e. The molecule has 9 heteroatoms. The maximum absolute atomic E-state index is 12.4. The molecular formula is C20H14F3N3O3. The Kier molecular flexibility index (Phi) is 5.83. The summed E-state index contributed by atoms with van der Waals surface area (Å²) in [6.07, 6.45) is -2.06. The fraction of sp³-hybridized carbons (Fsp3) is 0.150. The summed E-state index contributed by atoms with van der Waals surface area (Å²) in [6.45, 7) is -0.0727. The molecule has 0 amide bonds. The Bertz CT molecular complexity index is 1040. The molecule has 148 valence electrons. The number of carbonyl (C=O) groups excluding carboxylic acids is 1. The molecule has 0 aliphatic rings. The number of hydrogen-bond donors (Lipinski definition) is 0. The van der Waals surface area contributed by atoms with E-state index in [4.69, 9.17) is 4.74 Å². The van der Waals surface area contributed by atoms with Gasteiger partial charge < -0.3 is 9.47 Å². The third-order valence-electron chi connectivity index (χ3n) is 3.82. The van der Waals surface area contributed by atoms with Gasteiger partial charge in [-0.15, -0.1) is 13.2 Å². The number of esters is 1. The highest BCUT2D eigenvalue weighted by Crippen LogP contribution is 2.30. The van der Waals surface area contributed by atoms with E-state index in [2.05, 4.69) is 9.84 Å². The molecule has 0 aliphatic heterocycles. The number of alkyl halides is 3. The lowest BCUT2D eigenvalue weighted by Gasteiger charge is -2.10. The molecule has 0 spiro atoms. The molecule has 0 aliphatic carbocycles. The van der Waals surface area contributed by atoms with Crippen LogP contribution >= 0.6 is 0 Å². The number of benzene rings is 2. The van der Waals surface area contributed by atoms with E-state index in [-0.39, 0.29) is 24.3 Å². The second kappa shape index (κ2) is 8.48. The molecule has 0 fully saturated rings. The Morgan fingerprint density at radius 1 is 1.17 bits per heavy atom. The second-order valence-corrected chi connectivity index (χ2v) is 5.94. The van der Waals surface area contributed by atoms with Crippen molar-refractivity contribution in [2.24, 2.45) is 0 Å². The highest BCUT2D eigenvalue weighted by molar-refractivity contribution is 5.72. The lowest BCUT2D eigenvalue weighted by atomic mass is 10.0. The van der Waals surface area contributed by atoms with Crippen molar-refractivity contribution in [3.05, 3.63) is 72.1 Å². The smallest absolute Gasteiger partial charge is 0.459 e. The molecule has 6 nitrogen and oxygen atoms in total. The topological polar surface area (TPSA) is 77.1 Å². The second-order valence-electron chi connectivity index (χ2n) is 5.94. The molecule has 0 unspecified atom stereocenters. The summed E-state index contributed by atoms with van der Waals surface area (Å²) in [6, 6.07) is 14.4. The lowest BCUT2D eigenvalue weighted by Crippen LogP contribution is -2.17. The van der Waals surface area contributed by atoms with E-state index >= 15 is 0 Å². The van der Waals surface area contributed by atoms with E-state index in [1.165, 1.54) is 23.1 Å². The number of aromatic nitrogens is 2. The molecule has 0 bridgehead atoms. The molecule has 0 saturated carbocycles. The first-order chi connectivity index (χ1) is 13.8. The summed E-state index contributed by atoms with van der Waals surface area (Å²) in [7, 11) is 0. The molecule has 0 radical (unpaired) electrons. The lowest BCUT2D eigenvalue weighted by molar-refractivity contribution is -0.274. The van der Waals surface area contributed by atoms with Crippen LogP contribution in [0.2, 0.25) is 0 Å². The number of nitriles is 1. The molecule has 3 rings (SSSR count). The van der Waals surface area contributed by atoms with Gasteiger partial charge >= 0.3 is 12.3 Å². The van der Waals surface area contributed by atoms with Crippen LogP contribution in [0.1, 0.15) is 11.1 Å². The van der Waals surface area contributed by atoms with Crippen LogP contribution in [0.4, 0.5) is 13.2 Å². The Morgan fingerprint density at radius 2 is 1.93 bits per heavy atom. The number of rotatable bonds is 6. The third kappa shape index (κ3) is 5.59. The Balaban J connectivity index is 1.71. The summed E-state index contributed by atoms with van der Waals surface area (Å²) in [5.41, 5.74) is 1.55. The van der Waals surface area contributed by atoms with Crippen LogP contribution < -0.4 is 4.74 Å². The highest BCUT2D eigenvalue weighted by Gasteiger charge is 2.31. The first kappa shape index (κ1) is 19.9. The van der Waals surface area contributed by atoms with Gasteiger partial charge in [-0.05, 0) is 23.8 Å². The Hall–Kier alpha value is -3.80. The predicted molar refractivity (Wildman–Crippen MR) is 95.3 cm³/mol. The number of carbonyl (C=O) groups is 1. The third-order valence-corrected chi connectivity index (χ3v) is 3.82. The monoisotopic (exact) mass is 401 g/mol. The molecule has 3 aromatic rings. The molecule has 0 saturated heterocycles. The van der Waals surface area contributed by atoms with Crippen molar-refractivity contribution in [2.45, 2.75) is 19.5 Å². The van der Waals surface area contributed by atoms with E-state index in [0.29, 0.717) is 5.56 Å². The fourth-order valence-electron chi connectivity index (χ4n) is 2.56. The zero-order valence-electron chi connectivity index (χ0n) is 14.9. The Morgan fingerprint density at radius 3 is 2.62 bits per heavy atom. The average molecular weight is 401 g/mol. The molecule has 29 heavy (non-hydrogen) atoms. The van der Waals surface area contributed by atoms with Gasteiger partial charge in [0.15, 0.2) is 0 Å². The number of nitrogens with zero attached hydrogens (tertiary/aromatic N) is 3. The quantitative estimate of drug-likeness (QED) is 0.582. The molecule has 0 N–H and O–H groups in total. The first-order valence-corrected chi connectivity index (χ1v) is 8.36. The summed E-state index contributed by atoms with van der Waals surface area (Å²) >= 11 is 0. The largest absolute Gasteiger partial charge is 0.573 e. The van der Waals surface area contributed by atoms with Gasteiger partial charge in [-0.2, -0.15) is 10.4 Å². The van der Waals surface area contributed by atoms with E-state index in [1.807, 2.05) is 36.4 Å². The van der Waals surface area contributed by atoms with Gasteiger partial charge in [-0.3, -0.25) is 9.48 Å². The predicted octanol–water partition coefficient (Wildman–Crippen LogP) is 4.06. The normalized spacial score (nSPS) is 11.0. The number of halogens is 3. The van der Waals surface area contributed by atoms with Crippen LogP contribution in [0.3, 0.4) is 0 Å². The SMILES string of the molecule is N#Cc1ccc(OC(F)(F)F)cc1-c1cnn(CC(=O)OCc2ccccc2)c1. The zero-order valence-corrected chi connectivity index (χ0v) is 14.9. The van der Waals surface area contributed by atoms with Crippen molar-refractivity contribution in [3.8, 4) is 22.9 Å². The standard InChI is InChI=1S/C20H14F3N3O3/c21-20(22,23)29-17-7-6-15(9-24)18(8-17)16-10-25-26(11-16)12-19(27)28-13-14-4-2-1-3-5-14/h1-8,10-11H,12-13H2. The van der Waals surface area contributed by atoms with Crippen molar-refractivity contribution in [3.63, 3.8) is 0 Å². The van der Waals surface area contributed by atoms with Crippen molar-refractivity contribution in [2.75, 3.05) is 0 Å². The van der Waals surface area contributed by atoms with Crippen LogP contribution in [0.5, 0.6) is 5.75 Å². The van der Waals surface area contributed by atoms with Gasteiger partial charge in [-0.1, -0.05) is 30.3 Å². The molecule has 1 aromatic heterocycles. The Labute approximate surface area is 163 Å². The minimum absolute atomic E-state index is 0.114. The molecule has 2 aromatic carbocycles. The van der Waals surface area contributed by atoms with Crippen LogP contribution in [-0.4, -0.2) is 22.1 Å². The molecule has 1 heterocycles. The van der Waals surface area contributed by atoms with Crippen molar-refractivity contribution >= 4 is 5.97 Å². The van der Waals surface area contributed by atoms with Gasteiger partial charge in [0.1, 0.15) is 18.9 Å². The summed E-state index contributed by atoms with van der Waals surface area (Å²) in [5.74, 6) is -0.986. The summed E-state index contributed by atoms with van der Waals surface area (Å²) in [5, 5.41) is 13.2.